The number of nitrogen functional groups attached to an aromatic ring is 1. The maximum absolute atomic E-state index is 11.1. The molecule has 0 aromatic heterocycles. The molecule has 1 aromatic carbocycles. The Bertz CT molecular complexity index is 337. The number of anilines is 2. The van der Waals surface area contributed by atoms with Gasteiger partial charge in [0, 0.05) is 11.4 Å². The van der Waals surface area contributed by atoms with Crippen LogP contribution in [0.5, 0.6) is 0 Å². The van der Waals surface area contributed by atoms with E-state index in [0.717, 1.165) is 5.56 Å². The van der Waals surface area contributed by atoms with Crippen LogP contribution in [0.3, 0.4) is 0 Å². The summed E-state index contributed by atoms with van der Waals surface area (Å²) in [6.07, 6.45) is -0.457. The topological polar surface area (TPSA) is 64.3 Å². The molecule has 0 aliphatic heterocycles. The van der Waals surface area contributed by atoms with Crippen molar-refractivity contribution < 1.29 is 9.53 Å². The molecule has 0 bridgehead atoms. The third-order valence-corrected chi connectivity index (χ3v) is 1.89. The Morgan fingerprint density at radius 2 is 2.29 bits per heavy atom. The Labute approximate surface area is 83.1 Å². The lowest BCUT2D eigenvalue weighted by Gasteiger charge is -2.09. The van der Waals surface area contributed by atoms with E-state index in [2.05, 4.69) is 5.32 Å². The van der Waals surface area contributed by atoms with E-state index in [1.165, 1.54) is 0 Å². The van der Waals surface area contributed by atoms with Crippen LogP contribution in [0, 0.1) is 6.92 Å². The number of hydrogen-bond donors (Lipinski definition) is 2. The standard InChI is InChI=1S/C10H14N2O2/c1-3-14-10(13)12-9-6-4-5-8(11)7(9)2/h4-6H,3,11H2,1-2H3,(H,12,13). The summed E-state index contributed by atoms with van der Waals surface area (Å²) < 4.78 is 4.75. The molecule has 1 rings (SSSR count). The van der Waals surface area contributed by atoms with Crippen molar-refractivity contribution >= 4 is 17.5 Å². The molecule has 0 heterocycles. The van der Waals surface area contributed by atoms with Crippen molar-refractivity contribution in [1.82, 2.24) is 0 Å². The van der Waals surface area contributed by atoms with Crippen LogP contribution in [-0.2, 0) is 4.74 Å². The quantitative estimate of drug-likeness (QED) is 0.709. The zero-order valence-corrected chi connectivity index (χ0v) is 8.33. The lowest BCUT2D eigenvalue weighted by molar-refractivity contribution is 0.168. The number of ether oxygens (including phenoxy) is 1. The van der Waals surface area contributed by atoms with Gasteiger partial charge in [-0.2, -0.15) is 0 Å². The molecule has 76 valence electrons. The van der Waals surface area contributed by atoms with Gasteiger partial charge in [0.2, 0.25) is 0 Å². The summed E-state index contributed by atoms with van der Waals surface area (Å²) in [7, 11) is 0. The molecule has 0 atom stereocenters. The molecule has 0 aliphatic carbocycles. The minimum absolute atomic E-state index is 0.354. The molecule has 0 radical (unpaired) electrons. The van der Waals surface area contributed by atoms with E-state index in [1.807, 2.05) is 6.92 Å². The molecule has 1 amide bonds. The van der Waals surface area contributed by atoms with Crippen LogP contribution in [-0.4, -0.2) is 12.7 Å². The largest absolute Gasteiger partial charge is 0.450 e. The summed E-state index contributed by atoms with van der Waals surface area (Å²) in [5.74, 6) is 0. The van der Waals surface area contributed by atoms with Gasteiger partial charge in [-0.15, -0.1) is 0 Å². The fraction of sp³-hybridized carbons (Fsp3) is 0.300. The maximum Gasteiger partial charge on any atom is 0.411 e. The van der Waals surface area contributed by atoms with E-state index in [0.29, 0.717) is 18.0 Å². The Morgan fingerprint density at radius 1 is 1.57 bits per heavy atom. The molecule has 1 aromatic rings. The Hall–Kier alpha value is -1.71. The van der Waals surface area contributed by atoms with Crippen molar-refractivity contribution in [3.05, 3.63) is 23.8 Å². The van der Waals surface area contributed by atoms with Gasteiger partial charge in [0.25, 0.3) is 0 Å². The molecule has 0 unspecified atom stereocenters. The summed E-state index contributed by atoms with van der Waals surface area (Å²) in [6.45, 7) is 3.95. The number of nitrogens with two attached hydrogens (primary N) is 1. The number of amides is 1. The maximum atomic E-state index is 11.1. The molecule has 0 spiro atoms. The Kier molecular flexibility index (Phi) is 3.34. The zero-order valence-electron chi connectivity index (χ0n) is 8.33. The number of hydrogen-bond acceptors (Lipinski definition) is 3. The van der Waals surface area contributed by atoms with Gasteiger partial charge >= 0.3 is 6.09 Å². The first kappa shape index (κ1) is 10.4. The van der Waals surface area contributed by atoms with Crippen LogP contribution in [0.4, 0.5) is 16.2 Å². The highest BCUT2D eigenvalue weighted by molar-refractivity contribution is 5.86. The summed E-state index contributed by atoms with van der Waals surface area (Å²) in [5.41, 5.74) is 7.86. The number of carbonyl (C=O) groups is 1. The summed E-state index contributed by atoms with van der Waals surface area (Å²) in [4.78, 5) is 11.1. The predicted molar refractivity (Wildman–Crippen MR) is 56.2 cm³/mol. The second-order valence-electron chi connectivity index (χ2n) is 2.87. The molecular weight excluding hydrogens is 180 g/mol. The molecule has 3 N–H and O–H groups in total. The first-order valence-corrected chi connectivity index (χ1v) is 4.44. The summed E-state index contributed by atoms with van der Waals surface area (Å²) in [5, 5.41) is 2.61. The lowest BCUT2D eigenvalue weighted by atomic mass is 10.1. The lowest BCUT2D eigenvalue weighted by Crippen LogP contribution is -2.14. The number of rotatable bonds is 2. The van der Waals surface area contributed by atoms with Crippen LogP contribution in [0.1, 0.15) is 12.5 Å². The Balaban J connectivity index is 2.76. The van der Waals surface area contributed by atoms with E-state index < -0.39 is 6.09 Å². The zero-order chi connectivity index (χ0) is 10.6. The molecule has 0 fully saturated rings. The normalized spacial score (nSPS) is 9.57. The van der Waals surface area contributed by atoms with Crippen LogP contribution in [0.25, 0.3) is 0 Å². The average Bonchev–Trinajstić information content (AvgIpc) is 2.13. The average molecular weight is 194 g/mol. The Morgan fingerprint density at radius 3 is 2.93 bits per heavy atom. The van der Waals surface area contributed by atoms with Crippen molar-refractivity contribution in [3.8, 4) is 0 Å². The van der Waals surface area contributed by atoms with E-state index in [-0.39, 0.29) is 0 Å². The van der Waals surface area contributed by atoms with Crippen LogP contribution < -0.4 is 11.1 Å². The summed E-state index contributed by atoms with van der Waals surface area (Å²) >= 11 is 0. The van der Waals surface area contributed by atoms with Crippen molar-refractivity contribution in [2.75, 3.05) is 17.7 Å². The van der Waals surface area contributed by atoms with E-state index >= 15 is 0 Å². The number of carbonyl (C=O) groups excluding carboxylic acids is 1. The van der Waals surface area contributed by atoms with Gasteiger partial charge in [0.1, 0.15) is 0 Å². The van der Waals surface area contributed by atoms with Gasteiger partial charge < -0.3 is 10.5 Å². The highest BCUT2D eigenvalue weighted by Crippen LogP contribution is 2.20. The molecule has 4 heteroatoms. The van der Waals surface area contributed by atoms with Gasteiger partial charge in [-0.3, -0.25) is 5.32 Å². The molecule has 4 nitrogen and oxygen atoms in total. The SMILES string of the molecule is CCOC(=O)Nc1cccc(N)c1C. The first-order valence-electron chi connectivity index (χ1n) is 4.44. The van der Waals surface area contributed by atoms with Gasteiger partial charge in [-0.25, -0.2) is 4.79 Å². The number of nitrogens with one attached hydrogen (secondary N) is 1. The van der Waals surface area contributed by atoms with Crippen LogP contribution in [0.15, 0.2) is 18.2 Å². The van der Waals surface area contributed by atoms with Gasteiger partial charge in [-0.05, 0) is 31.5 Å². The van der Waals surface area contributed by atoms with Crippen LogP contribution >= 0.6 is 0 Å². The molecule has 0 aliphatic rings. The molecular formula is C10H14N2O2. The van der Waals surface area contributed by atoms with Crippen molar-refractivity contribution in [1.29, 1.82) is 0 Å². The third-order valence-electron chi connectivity index (χ3n) is 1.89. The second kappa shape index (κ2) is 4.50. The van der Waals surface area contributed by atoms with Crippen LogP contribution in [0.2, 0.25) is 0 Å². The predicted octanol–water partition coefficient (Wildman–Crippen LogP) is 2.15. The molecule has 0 saturated heterocycles. The second-order valence-corrected chi connectivity index (χ2v) is 2.87. The molecule has 14 heavy (non-hydrogen) atoms. The fourth-order valence-electron chi connectivity index (χ4n) is 1.07. The number of benzene rings is 1. The van der Waals surface area contributed by atoms with Gasteiger partial charge in [-0.1, -0.05) is 6.07 Å². The highest BCUT2D eigenvalue weighted by atomic mass is 16.5. The van der Waals surface area contributed by atoms with Crippen molar-refractivity contribution in [2.24, 2.45) is 0 Å². The minimum Gasteiger partial charge on any atom is -0.450 e. The fourth-order valence-corrected chi connectivity index (χ4v) is 1.07. The van der Waals surface area contributed by atoms with E-state index in [4.69, 9.17) is 10.5 Å². The monoisotopic (exact) mass is 194 g/mol. The third kappa shape index (κ3) is 2.39. The van der Waals surface area contributed by atoms with E-state index in [1.54, 1.807) is 25.1 Å². The highest BCUT2D eigenvalue weighted by Gasteiger charge is 2.05. The smallest absolute Gasteiger partial charge is 0.411 e. The molecule has 0 saturated carbocycles. The first-order chi connectivity index (χ1) is 6.65. The van der Waals surface area contributed by atoms with Crippen molar-refractivity contribution in [2.45, 2.75) is 13.8 Å². The summed E-state index contributed by atoms with van der Waals surface area (Å²) in [6, 6.07) is 5.35. The minimum atomic E-state index is -0.457. The van der Waals surface area contributed by atoms with E-state index in [9.17, 15) is 4.79 Å². The van der Waals surface area contributed by atoms with Crippen molar-refractivity contribution in [3.63, 3.8) is 0 Å². The van der Waals surface area contributed by atoms with Gasteiger partial charge in [0.15, 0.2) is 0 Å². The van der Waals surface area contributed by atoms with Gasteiger partial charge in [0.05, 0.1) is 6.61 Å².